The summed E-state index contributed by atoms with van der Waals surface area (Å²) in [6.07, 6.45) is 0. The van der Waals surface area contributed by atoms with Crippen molar-refractivity contribution in [3.05, 3.63) is 46.5 Å². The predicted octanol–water partition coefficient (Wildman–Crippen LogP) is 7.39. The van der Waals surface area contributed by atoms with E-state index in [2.05, 4.69) is 0 Å². The van der Waals surface area contributed by atoms with Gasteiger partial charge in [0.1, 0.15) is 23.0 Å². The molecule has 2 aromatic rings. The SMILES string of the molecule is CC(C)(C)c1c(O)ccc(O)c1C(C)(C)C.CC(C)(C)c1c(O)ccc(O)c1C(C)(C)C. The molecule has 4 heteroatoms. The monoisotopic (exact) mass is 444 g/mol. The molecule has 0 aliphatic heterocycles. The van der Waals surface area contributed by atoms with E-state index in [0.29, 0.717) is 0 Å². The predicted molar refractivity (Wildman–Crippen MR) is 134 cm³/mol. The summed E-state index contributed by atoms with van der Waals surface area (Å²) < 4.78 is 0. The van der Waals surface area contributed by atoms with Gasteiger partial charge in [0.2, 0.25) is 0 Å². The van der Waals surface area contributed by atoms with Crippen molar-refractivity contribution in [2.24, 2.45) is 0 Å². The second-order valence-corrected chi connectivity index (χ2v) is 12.7. The fourth-order valence-electron chi connectivity index (χ4n) is 4.20. The van der Waals surface area contributed by atoms with Crippen LogP contribution in [0.15, 0.2) is 24.3 Å². The van der Waals surface area contributed by atoms with E-state index in [9.17, 15) is 20.4 Å². The maximum absolute atomic E-state index is 10.0. The Kier molecular flexibility index (Phi) is 7.68. The quantitative estimate of drug-likeness (QED) is 0.319. The molecule has 0 spiro atoms. The van der Waals surface area contributed by atoms with E-state index >= 15 is 0 Å². The van der Waals surface area contributed by atoms with Crippen LogP contribution in [0.25, 0.3) is 0 Å². The van der Waals surface area contributed by atoms with Crippen molar-refractivity contribution in [1.29, 1.82) is 0 Å². The van der Waals surface area contributed by atoms with Crippen LogP contribution < -0.4 is 0 Å². The van der Waals surface area contributed by atoms with Crippen molar-refractivity contribution >= 4 is 0 Å². The van der Waals surface area contributed by atoms with Crippen molar-refractivity contribution in [2.75, 3.05) is 0 Å². The lowest BCUT2D eigenvalue weighted by molar-refractivity contribution is 0.409. The van der Waals surface area contributed by atoms with Crippen molar-refractivity contribution in [3.63, 3.8) is 0 Å². The minimum Gasteiger partial charge on any atom is -0.508 e. The number of rotatable bonds is 0. The van der Waals surface area contributed by atoms with Gasteiger partial charge in [-0.1, -0.05) is 83.1 Å². The lowest BCUT2D eigenvalue weighted by Crippen LogP contribution is -2.22. The van der Waals surface area contributed by atoms with Gasteiger partial charge in [-0.25, -0.2) is 0 Å². The molecule has 0 radical (unpaired) electrons. The molecule has 0 aliphatic rings. The average Bonchev–Trinajstić information content (AvgIpc) is 2.55. The molecule has 0 bridgehead atoms. The molecule has 180 valence electrons. The Hall–Kier alpha value is -2.36. The highest BCUT2D eigenvalue weighted by atomic mass is 16.3. The van der Waals surface area contributed by atoms with Gasteiger partial charge in [0.05, 0.1) is 0 Å². The number of hydrogen-bond donors (Lipinski definition) is 4. The first-order valence-corrected chi connectivity index (χ1v) is 11.2. The smallest absolute Gasteiger partial charge is 0.119 e. The molecular weight excluding hydrogens is 400 g/mol. The summed E-state index contributed by atoms with van der Waals surface area (Å²) in [6, 6.07) is 6.24. The molecule has 0 unspecified atom stereocenters. The van der Waals surface area contributed by atoms with Gasteiger partial charge in [0.15, 0.2) is 0 Å². The minimum atomic E-state index is -0.189. The lowest BCUT2D eigenvalue weighted by Gasteiger charge is -2.31. The summed E-state index contributed by atoms with van der Waals surface area (Å²) in [7, 11) is 0. The highest BCUT2D eigenvalue weighted by molar-refractivity contribution is 5.54. The Labute approximate surface area is 195 Å². The van der Waals surface area contributed by atoms with Crippen molar-refractivity contribution < 1.29 is 20.4 Å². The lowest BCUT2D eigenvalue weighted by atomic mass is 9.74. The largest absolute Gasteiger partial charge is 0.508 e. The second kappa shape index (κ2) is 8.88. The van der Waals surface area contributed by atoms with Gasteiger partial charge in [-0.15, -0.1) is 0 Å². The van der Waals surface area contributed by atoms with Crippen LogP contribution in [0.5, 0.6) is 23.0 Å². The molecule has 0 saturated heterocycles. The first-order chi connectivity index (χ1) is 14.1. The van der Waals surface area contributed by atoms with Crippen LogP contribution in [0.1, 0.15) is 105 Å². The molecule has 0 aliphatic carbocycles. The summed E-state index contributed by atoms with van der Waals surface area (Å²) in [5.74, 6) is 1.04. The molecule has 2 aromatic carbocycles. The van der Waals surface area contributed by atoms with Gasteiger partial charge in [0.25, 0.3) is 0 Å². The summed E-state index contributed by atoms with van der Waals surface area (Å²) in [5, 5.41) is 40.0. The Morgan fingerprint density at radius 2 is 0.469 bits per heavy atom. The summed E-state index contributed by atoms with van der Waals surface area (Å²) in [5.41, 5.74) is 2.58. The maximum Gasteiger partial charge on any atom is 0.119 e. The van der Waals surface area contributed by atoms with Crippen LogP contribution in [0.3, 0.4) is 0 Å². The standard InChI is InChI=1S/2C14H22O2/c2*1-13(2,3)11-9(15)7-8-10(16)12(11)14(4,5)6/h2*7-8,15-16H,1-6H3. The molecule has 0 fully saturated rings. The molecule has 4 nitrogen and oxygen atoms in total. The van der Waals surface area contributed by atoms with Crippen LogP contribution in [0.2, 0.25) is 0 Å². The average molecular weight is 445 g/mol. The number of phenolic OH excluding ortho intramolecular Hbond substituents is 4. The fraction of sp³-hybridized carbons (Fsp3) is 0.571. The van der Waals surface area contributed by atoms with E-state index in [0.717, 1.165) is 22.3 Å². The normalized spacial score (nSPS) is 12.9. The maximum atomic E-state index is 10.0. The van der Waals surface area contributed by atoms with Crippen molar-refractivity contribution in [3.8, 4) is 23.0 Å². The van der Waals surface area contributed by atoms with E-state index in [1.165, 1.54) is 0 Å². The van der Waals surface area contributed by atoms with Gasteiger partial charge < -0.3 is 20.4 Å². The van der Waals surface area contributed by atoms with Gasteiger partial charge in [0, 0.05) is 22.3 Å². The van der Waals surface area contributed by atoms with Crippen molar-refractivity contribution in [1.82, 2.24) is 0 Å². The topological polar surface area (TPSA) is 80.9 Å². The molecule has 4 N–H and O–H groups in total. The van der Waals surface area contributed by atoms with E-state index in [1.54, 1.807) is 24.3 Å². The third-order valence-corrected chi connectivity index (χ3v) is 5.32. The minimum absolute atomic E-state index is 0.189. The number of phenols is 4. The van der Waals surface area contributed by atoms with Crippen LogP contribution >= 0.6 is 0 Å². The summed E-state index contributed by atoms with van der Waals surface area (Å²) in [6.45, 7) is 24.5. The number of hydrogen-bond acceptors (Lipinski definition) is 4. The van der Waals surface area contributed by atoms with Crippen LogP contribution in [-0.4, -0.2) is 20.4 Å². The van der Waals surface area contributed by atoms with Gasteiger partial charge in [-0.2, -0.15) is 0 Å². The van der Waals surface area contributed by atoms with Gasteiger partial charge >= 0.3 is 0 Å². The third kappa shape index (κ3) is 6.34. The first-order valence-electron chi connectivity index (χ1n) is 11.2. The molecule has 0 heterocycles. The molecule has 0 amide bonds. The van der Waals surface area contributed by atoms with E-state index < -0.39 is 0 Å². The molecule has 32 heavy (non-hydrogen) atoms. The molecule has 0 atom stereocenters. The molecule has 0 saturated carbocycles. The van der Waals surface area contributed by atoms with E-state index in [1.807, 2.05) is 83.1 Å². The zero-order valence-corrected chi connectivity index (χ0v) is 22.1. The Morgan fingerprint density at radius 3 is 0.562 bits per heavy atom. The van der Waals surface area contributed by atoms with E-state index in [-0.39, 0.29) is 44.7 Å². The van der Waals surface area contributed by atoms with Gasteiger partial charge in [-0.3, -0.25) is 0 Å². The Morgan fingerprint density at radius 1 is 0.344 bits per heavy atom. The highest BCUT2D eigenvalue weighted by Crippen LogP contribution is 2.44. The molecular formula is C28H44O4. The van der Waals surface area contributed by atoms with Crippen molar-refractivity contribution in [2.45, 2.75) is 105 Å². The third-order valence-electron chi connectivity index (χ3n) is 5.32. The number of benzene rings is 2. The van der Waals surface area contributed by atoms with E-state index in [4.69, 9.17) is 0 Å². The van der Waals surface area contributed by atoms with Crippen LogP contribution in [-0.2, 0) is 21.7 Å². The zero-order chi connectivity index (χ0) is 25.4. The zero-order valence-electron chi connectivity index (χ0n) is 22.1. The molecule has 2 rings (SSSR count). The van der Waals surface area contributed by atoms with Crippen LogP contribution in [0.4, 0.5) is 0 Å². The first kappa shape index (κ1) is 27.7. The Bertz CT molecular complexity index is 786. The van der Waals surface area contributed by atoms with Crippen LogP contribution in [0, 0.1) is 0 Å². The van der Waals surface area contributed by atoms with Gasteiger partial charge in [-0.05, 0) is 45.9 Å². The Balaban J connectivity index is 0.000000320. The second-order valence-electron chi connectivity index (χ2n) is 12.7. The molecule has 0 aromatic heterocycles. The number of aromatic hydroxyl groups is 4. The highest BCUT2D eigenvalue weighted by Gasteiger charge is 2.31. The summed E-state index contributed by atoms with van der Waals surface area (Å²) >= 11 is 0. The summed E-state index contributed by atoms with van der Waals surface area (Å²) in [4.78, 5) is 0. The fourth-order valence-corrected chi connectivity index (χ4v) is 4.20.